The number of carbonyl (C=O) groups excluding carboxylic acids is 4. The topological polar surface area (TPSA) is 166 Å². The average molecular weight is 673 g/mol. The Hall–Kier alpha value is -5.77. The summed E-state index contributed by atoms with van der Waals surface area (Å²) in [5, 5.41) is 12.1. The van der Waals surface area contributed by atoms with Crippen molar-refractivity contribution in [3.63, 3.8) is 0 Å². The van der Waals surface area contributed by atoms with Gasteiger partial charge in [-0.25, -0.2) is 0 Å². The number of amides is 3. The first-order valence-corrected chi connectivity index (χ1v) is 16.5. The second-order valence-corrected chi connectivity index (χ2v) is 12.6. The Bertz CT molecular complexity index is 1830. The summed E-state index contributed by atoms with van der Waals surface area (Å²) in [6.07, 6.45) is 0.352. The van der Waals surface area contributed by atoms with Gasteiger partial charge < -0.3 is 20.7 Å². The number of hydrogen-bond acceptors (Lipinski definition) is 6. The molecule has 4 aromatic carbocycles. The number of hydrogen-bond donors (Lipinski definition) is 3. The first kappa shape index (κ1) is 35.5. The van der Waals surface area contributed by atoms with E-state index in [1.54, 1.807) is 13.8 Å². The molecule has 256 valence electrons. The quantitative estimate of drug-likeness (QED) is 0.0666. The third-order valence-corrected chi connectivity index (χ3v) is 8.67. The summed E-state index contributed by atoms with van der Waals surface area (Å²) in [5.74, 6) is -2.06. The number of Topliss-reactive ketones (excluding diaryl/α,β-unsaturated/α-hetero) is 1. The molecule has 0 aliphatic carbocycles. The first-order valence-electron chi connectivity index (χ1n) is 16.5. The molecule has 0 saturated carbocycles. The van der Waals surface area contributed by atoms with Gasteiger partial charge in [0.15, 0.2) is 5.78 Å². The molecule has 1 fully saturated rings. The molecule has 11 nitrogen and oxygen atoms in total. The summed E-state index contributed by atoms with van der Waals surface area (Å²) in [6.45, 7) is 3.53. The number of carbonyl (C=O) groups is 4. The van der Waals surface area contributed by atoms with Gasteiger partial charge in [0.25, 0.3) is 0 Å². The minimum absolute atomic E-state index is 0.0885. The summed E-state index contributed by atoms with van der Waals surface area (Å²) in [5.41, 5.74) is 12.7. The maximum absolute atomic E-state index is 14.1. The Kier molecular flexibility index (Phi) is 11.8. The van der Waals surface area contributed by atoms with Gasteiger partial charge in [-0.3, -0.25) is 19.2 Å². The predicted molar refractivity (Wildman–Crippen MR) is 190 cm³/mol. The van der Waals surface area contributed by atoms with Crippen molar-refractivity contribution < 1.29 is 23.9 Å². The number of epoxide rings is 1. The SMILES string of the molecule is C[C@H](NC(=O)[C@H](Cc1ccccc1)NC(=O)[C@H](Cc1ccc(-c2ccccc2)cc1)NC(=O)[C@H](Cc1ccccc1)N=[N+]=[N-])C(=O)[C@@]1(C)CO1. The fourth-order valence-electron chi connectivity index (χ4n) is 5.68. The molecule has 0 unspecified atom stereocenters. The maximum Gasteiger partial charge on any atom is 0.243 e. The van der Waals surface area contributed by atoms with Gasteiger partial charge >= 0.3 is 0 Å². The van der Waals surface area contributed by atoms with Crippen LogP contribution in [0, 0.1) is 0 Å². The second-order valence-electron chi connectivity index (χ2n) is 12.6. The van der Waals surface area contributed by atoms with Crippen LogP contribution in [0.25, 0.3) is 21.6 Å². The Balaban J connectivity index is 1.39. The first-order chi connectivity index (χ1) is 24.1. The highest BCUT2D eigenvalue weighted by molar-refractivity contribution is 5.98. The molecule has 1 heterocycles. The predicted octanol–water partition coefficient (Wildman–Crippen LogP) is 4.89. The molecule has 1 aliphatic rings. The van der Waals surface area contributed by atoms with Crippen LogP contribution in [-0.2, 0) is 43.2 Å². The van der Waals surface area contributed by atoms with E-state index in [1.165, 1.54) is 0 Å². The molecule has 50 heavy (non-hydrogen) atoms. The lowest BCUT2D eigenvalue weighted by molar-refractivity contribution is -0.134. The summed E-state index contributed by atoms with van der Waals surface area (Å²) in [6, 6.07) is 31.6. The Morgan fingerprint density at radius 3 is 1.64 bits per heavy atom. The van der Waals surface area contributed by atoms with E-state index in [-0.39, 0.29) is 31.7 Å². The van der Waals surface area contributed by atoms with Crippen LogP contribution in [0.15, 0.2) is 120 Å². The molecule has 1 aliphatic heterocycles. The Labute approximate surface area is 291 Å². The molecule has 1 saturated heterocycles. The third kappa shape index (κ3) is 9.65. The zero-order chi connectivity index (χ0) is 35.5. The number of ketones is 1. The highest BCUT2D eigenvalue weighted by atomic mass is 16.6. The van der Waals surface area contributed by atoms with Crippen molar-refractivity contribution in [2.75, 3.05) is 6.61 Å². The van der Waals surface area contributed by atoms with Crippen molar-refractivity contribution >= 4 is 23.5 Å². The van der Waals surface area contributed by atoms with E-state index in [9.17, 15) is 24.7 Å². The fourth-order valence-corrected chi connectivity index (χ4v) is 5.68. The summed E-state index contributed by atoms with van der Waals surface area (Å²) < 4.78 is 5.27. The number of rotatable bonds is 16. The van der Waals surface area contributed by atoms with E-state index in [2.05, 4.69) is 26.0 Å². The Morgan fingerprint density at radius 1 is 0.680 bits per heavy atom. The van der Waals surface area contributed by atoms with Gasteiger partial charge in [-0.2, -0.15) is 0 Å². The van der Waals surface area contributed by atoms with Gasteiger partial charge in [0, 0.05) is 17.8 Å². The van der Waals surface area contributed by atoms with Crippen molar-refractivity contribution in [1.82, 2.24) is 16.0 Å². The van der Waals surface area contributed by atoms with E-state index in [0.29, 0.717) is 0 Å². The van der Waals surface area contributed by atoms with Crippen LogP contribution in [0.4, 0.5) is 0 Å². The lowest BCUT2D eigenvalue weighted by Crippen LogP contribution is -2.57. The molecule has 0 spiro atoms. The van der Waals surface area contributed by atoms with Crippen molar-refractivity contribution in [3.05, 3.63) is 142 Å². The molecule has 0 aromatic heterocycles. The van der Waals surface area contributed by atoms with Crippen LogP contribution in [0.2, 0.25) is 0 Å². The molecule has 0 radical (unpaired) electrons. The number of azide groups is 1. The van der Waals surface area contributed by atoms with E-state index < -0.39 is 47.5 Å². The van der Waals surface area contributed by atoms with Crippen LogP contribution in [0.5, 0.6) is 0 Å². The van der Waals surface area contributed by atoms with E-state index in [4.69, 9.17) is 4.74 Å². The Morgan fingerprint density at radius 2 is 1.12 bits per heavy atom. The summed E-state index contributed by atoms with van der Waals surface area (Å²) in [4.78, 5) is 57.1. The normalized spacial score (nSPS) is 17.2. The number of nitrogens with zero attached hydrogens (tertiary/aromatic N) is 3. The lowest BCUT2D eigenvalue weighted by Gasteiger charge is -2.25. The third-order valence-electron chi connectivity index (χ3n) is 8.67. The van der Waals surface area contributed by atoms with Crippen molar-refractivity contribution in [1.29, 1.82) is 0 Å². The minimum Gasteiger partial charge on any atom is -0.361 e. The van der Waals surface area contributed by atoms with E-state index >= 15 is 0 Å². The zero-order valence-electron chi connectivity index (χ0n) is 28.0. The standard InChI is InChI=1S/C39H40N6O5/c1-26(35(46)39(2)25-50-39)41-36(47)32(22-27-12-6-3-7-13-27)42-37(48)33(23-29-18-20-31(21-19-29)30-16-10-5-11-17-30)43-38(49)34(44-45-40)24-28-14-8-4-9-15-28/h3-21,26,32-34H,22-25H2,1-2H3,(H,41,47)(H,42,48)(H,43,49)/t26-,32-,33-,34-,39+/m0/s1. The van der Waals surface area contributed by atoms with Crippen LogP contribution in [0.1, 0.15) is 30.5 Å². The van der Waals surface area contributed by atoms with Crippen LogP contribution in [-0.4, -0.2) is 59.9 Å². The highest BCUT2D eigenvalue weighted by Crippen LogP contribution is 2.28. The smallest absolute Gasteiger partial charge is 0.243 e. The average Bonchev–Trinajstić information content (AvgIpc) is 3.90. The van der Waals surface area contributed by atoms with Crippen LogP contribution < -0.4 is 16.0 Å². The number of benzene rings is 4. The van der Waals surface area contributed by atoms with Crippen molar-refractivity contribution in [3.8, 4) is 11.1 Å². The molecule has 3 amide bonds. The van der Waals surface area contributed by atoms with Gasteiger partial charge in [-0.05, 0) is 53.6 Å². The van der Waals surface area contributed by atoms with Gasteiger partial charge in [-0.1, -0.05) is 120 Å². The van der Waals surface area contributed by atoms with Gasteiger partial charge in [0.1, 0.15) is 23.7 Å². The molecule has 4 aromatic rings. The maximum atomic E-state index is 14.1. The monoisotopic (exact) mass is 672 g/mol. The van der Waals surface area contributed by atoms with Gasteiger partial charge in [-0.15, -0.1) is 0 Å². The minimum atomic E-state index is -1.14. The van der Waals surface area contributed by atoms with Crippen molar-refractivity contribution in [2.24, 2.45) is 5.11 Å². The summed E-state index contributed by atoms with van der Waals surface area (Å²) >= 11 is 0. The van der Waals surface area contributed by atoms with E-state index in [1.807, 2.05) is 115 Å². The molecule has 5 atom stereocenters. The molecule has 5 rings (SSSR count). The number of ether oxygens (including phenoxy) is 1. The lowest BCUT2D eigenvalue weighted by atomic mass is 9.98. The molecule has 0 bridgehead atoms. The van der Waals surface area contributed by atoms with E-state index in [0.717, 1.165) is 27.8 Å². The molecular weight excluding hydrogens is 632 g/mol. The van der Waals surface area contributed by atoms with Crippen molar-refractivity contribution in [2.45, 2.75) is 62.9 Å². The van der Waals surface area contributed by atoms with Gasteiger partial charge in [0.2, 0.25) is 17.7 Å². The molecule has 11 heteroatoms. The fraction of sp³-hybridized carbons (Fsp3) is 0.282. The van der Waals surface area contributed by atoms with Crippen LogP contribution in [0.3, 0.4) is 0 Å². The number of nitrogens with one attached hydrogen (secondary N) is 3. The molecular formula is C39H40N6O5. The summed E-state index contributed by atoms with van der Waals surface area (Å²) in [7, 11) is 0. The second kappa shape index (κ2) is 16.6. The van der Waals surface area contributed by atoms with Crippen LogP contribution >= 0.6 is 0 Å². The zero-order valence-corrected chi connectivity index (χ0v) is 28.0. The van der Waals surface area contributed by atoms with Gasteiger partial charge in [0.05, 0.1) is 12.6 Å². The largest absolute Gasteiger partial charge is 0.361 e. The highest BCUT2D eigenvalue weighted by Gasteiger charge is 2.49. The molecule has 3 N–H and O–H groups in total.